The second-order valence-electron chi connectivity index (χ2n) is 5.00. The van der Waals surface area contributed by atoms with Crippen LogP contribution in [0.25, 0.3) is 0 Å². The lowest BCUT2D eigenvalue weighted by Crippen LogP contribution is -2.57. The van der Waals surface area contributed by atoms with E-state index in [-0.39, 0.29) is 13.1 Å². The van der Waals surface area contributed by atoms with Crippen molar-refractivity contribution in [3.8, 4) is 5.88 Å². The van der Waals surface area contributed by atoms with E-state index in [1.54, 1.807) is 13.8 Å². The highest BCUT2D eigenvalue weighted by molar-refractivity contribution is 7.89. The average Bonchev–Trinajstić information content (AvgIpc) is 2.32. The van der Waals surface area contributed by atoms with Gasteiger partial charge in [0.15, 0.2) is 0 Å². The highest BCUT2D eigenvalue weighted by Crippen LogP contribution is 2.35. The molecule has 0 radical (unpaired) electrons. The minimum absolute atomic E-state index is 0.0361. The minimum Gasteiger partial charge on any atom is -0.471 e. The number of nitrogens with zero attached hydrogens (tertiary/aromatic N) is 2. The second-order valence-corrected chi connectivity index (χ2v) is 7.49. The number of halogens is 3. The van der Waals surface area contributed by atoms with Gasteiger partial charge in [-0.1, -0.05) is 0 Å². The molecule has 5 nitrogen and oxygen atoms in total. The molecule has 0 atom stereocenters. The second kappa shape index (κ2) is 5.45. The normalized spacial score (nSPS) is 17.8. The van der Waals surface area contributed by atoms with Crippen LogP contribution in [0, 0.1) is 0 Å². The molecule has 21 heavy (non-hydrogen) atoms. The molecule has 1 saturated heterocycles. The molecule has 2 rings (SSSR count). The zero-order chi connectivity index (χ0) is 15.8. The third-order valence-corrected chi connectivity index (χ3v) is 5.33. The van der Waals surface area contributed by atoms with Gasteiger partial charge in [0.05, 0.1) is 18.3 Å². The molecule has 1 fully saturated rings. The van der Waals surface area contributed by atoms with Gasteiger partial charge in [0.2, 0.25) is 15.9 Å². The quantitative estimate of drug-likeness (QED) is 0.849. The molecule has 1 aliphatic heterocycles. The third-order valence-electron chi connectivity index (χ3n) is 3.13. The van der Waals surface area contributed by atoms with Crippen molar-refractivity contribution < 1.29 is 26.3 Å². The van der Waals surface area contributed by atoms with Crippen molar-refractivity contribution in [3.63, 3.8) is 0 Å². The van der Waals surface area contributed by atoms with Crippen LogP contribution in [0.2, 0.25) is 0 Å². The molecule has 0 unspecified atom stereocenters. The van der Waals surface area contributed by atoms with Gasteiger partial charge in [-0.2, -0.15) is 17.5 Å². The first-order valence-corrected chi connectivity index (χ1v) is 7.80. The Balaban J connectivity index is 2.04. The van der Waals surface area contributed by atoms with Crippen LogP contribution in [0.4, 0.5) is 13.2 Å². The van der Waals surface area contributed by atoms with E-state index in [1.165, 1.54) is 16.6 Å². The molecule has 0 spiro atoms. The lowest BCUT2D eigenvalue weighted by atomic mass is 10.2. The van der Waals surface area contributed by atoms with Gasteiger partial charge < -0.3 is 4.74 Å². The van der Waals surface area contributed by atoms with Gasteiger partial charge in [0.25, 0.3) is 0 Å². The van der Waals surface area contributed by atoms with Crippen LogP contribution < -0.4 is 4.74 Å². The molecule has 0 N–H and O–H groups in total. The van der Waals surface area contributed by atoms with Gasteiger partial charge in [0, 0.05) is 6.20 Å². The molecule has 118 valence electrons. The Morgan fingerprint density at radius 3 is 2.52 bits per heavy atom. The number of alkyl halides is 3. The molecular weight excluding hydrogens is 309 g/mol. The van der Waals surface area contributed by atoms with Gasteiger partial charge in [0.1, 0.15) is 11.7 Å². The largest absolute Gasteiger partial charge is 0.471 e. The highest BCUT2D eigenvalue weighted by Gasteiger charge is 2.41. The molecule has 9 heteroatoms. The van der Waals surface area contributed by atoms with E-state index < -0.39 is 39.0 Å². The van der Waals surface area contributed by atoms with Gasteiger partial charge in [-0.25, -0.2) is 13.4 Å². The van der Waals surface area contributed by atoms with Crippen molar-refractivity contribution >= 4 is 10.0 Å². The predicted molar refractivity (Wildman–Crippen MR) is 69.3 cm³/mol. The summed E-state index contributed by atoms with van der Waals surface area (Å²) in [6.45, 7) is 3.16. The smallest absolute Gasteiger partial charge is 0.421 e. The SMILES string of the molecule is CC(C)S(=O)(=O)N1CC(Oc2ncccc2C(F)(F)F)C1. The molecule has 0 aliphatic carbocycles. The fraction of sp³-hybridized carbons (Fsp3) is 0.583. The summed E-state index contributed by atoms with van der Waals surface area (Å²) >= 11 is 0. The first-order valence-electron chi connectivity index (χ1n) is 6.30. The van der Waals surface area contributed by atoms with E-state index in [2.05, 4.69) is 4.98 Å². The summed E-state index contributed by atoms with van der Waals surface area (Å²) < 4.78 is 68.3. The standard InChI is InChI=1S/C12H15F3N2O3S/c1-8(2)21(18,19)17-6-9(7-17)20-11-10(12(13,14)15)4-3-5-16-11/h3-5,8-9H,6-7H2,1-2H3. The summed E-state index contributed by atoms with van der Waals surface area (Å²) in [6, 6.07) is 2.05. The van der Waals surface area contributed by atoms with Gasteiger partial charge in [-0.3, -0.25) is 0 Å². The zero-order valence-electron chi connectivity index (χ0n) is 11.5. The summed E-state index contributed by atoms with van der Waals surface area (Å²) in [4.78, 5) is 3.58. The van der Waals surface area contributed by atoms with Crippen LogP contribution >= 0.6 is 0 Å². The van der Waals surface area contributed by atoms with E-state index in [0.717, 1.165) is 6.07 Å². The molecule has 1 aliphatic rings. The van der Waals surface area contributed by atoms with Crippen LogP contribution in [0.1, 0.15) is 19.4 Å². The summed E-state index contributed by atoms with van der Waals surface area (Å²) in [6.07, 6.45) is -3.97. The summed E-state index contributed by atoms with van der Waals surface area (Å²) in [7, 11) is -3.39. The first kappa shape index (κ1) is 16.0. The van der Waals surface area contributed by atoms with Crippen molar-refractivity contribution in [2.24, 2.45) is 0 Å². The van der Waals surface area contributed by atoms with Crippen LogP contribution in [0.3, 0.4) is 0 Å². The maximum atomic E-state index is 12.8. The molecule has 1 aromatic rings. The number of rotatable bonds is 4. The van der Waals surface area contributed by atoms with Crippen molar-refractivity contribution in [2.75, 3.05) is 13.1 Å². The van der Waals surface area contributed by atoms with Crippen molar-refractivity contribution in [1.29, 1.82) is 0 Å². The van der Waals surface area contributed by atoms with Gasteiger partial charge in [-0.05, 0) is 26.0 Å². The van der Waals surface area contributed by atoms with E-state index in [0.29, 0.717) is 0 Å². The Hall–Kier alpha value is -1.35. The van der Waals surface area contributed by atoms with Crippen LogP contribution in [0.5, 0.6) is 5.88 Å². The van der Waals surface area contributed by atoms with E-state index >= 15 is 0 Å². The number of aromatic nitrogens is 1. The van der Waals surface area contributed by atoms with E-state index in [4.69, 9.17) is 4.74 Å². The van der Waals surface area contributed by atoms with E-state index in [1.807, 2.05) is 0 Å². The molecule has 0 saturated carbocycles. The number of sulfonamides is 1. The Labute approximate surface area is 120 Å². The molecular formula is C12H15F3N2O3S. The summed E-state index contributed by atoms with van der Waals surface area (Å²) in [5.41, 5.74) is -0.963. The Morgan fingerprint density at radius 1 is 1.38 bits per heavy atom. The fourth-order valence-corrected chi connectivity index (χ4v) is 3.18. The minimum atomic E-state index is -4.56. The summed E-state index contributed by atoms with van der Waals surface area (Å²) in [5, 5.41) is -0.570. The fourth-order valence-electron chi connectivity index (χ4n) is 1.84. The Kier molecular flexibility index (Phi) is 4.16. The molecule has 0 bridgehead atoms. The zero-order valence-corrected chi connectivity index (χ0v) is 12.3. The van der Waals surface area contributed by atoms with Crippen molar-refractivity contribution in [1.82, 2.24) is 9.29 Å². The number of pyridine rings is 1. The number of hydrogen-bond donors (Lipinski definition) is 0. The maximum absolute atomic E-state index is 12.8. The lowest BCUT2D eigenvalue weighted by molar-refractivity contribution is -0.140. The maximum Gasteiger partial charge on any atom is 0.421 e. The highest BCUT2D eigenvalue weighted by atomic mass is 32.2. The summed E-state index contributed by atoms with van der Waals surface area (Å²) in [5.74, 6) is -0.517. The molecule has 0 aromatic carbocycles. The van der Waals surface area contributed by atoms with Crippen LogP contribution in [0.15, 0.2) is 18.3 Å². The monoisotopic (exact) mass is 324 g/mol. The number of hydrogen-bond acceptors (Lipinski definition) is 4. The van der Waals surface area contributed by atoms with Crippen LogP contribution in [-0.4, -0.2) is 42.2 Å². The van der Waals surface area contributed by atoms with E-state index in [9.17, 15) is 21.6 Å². The topological polar surface area (TPSA) is 59.5 Å². The van der Waals surface area contributed by atoms with Crippen molar-refractivity contribution in [2.45, 2.75) is 31.4 Å². The average molecular weight is 324 g/mol. The molecule has 2 heterocycles. The van der Waals surface area contributed by atoms with Gasteiger partial charge in [-0.15, -0.1) is 0 Å². The van der Waals surface area contributed by atoms with Crippen molar-refractivity contribution in [3.05, 3.63) is 23.9 Å². The first-order chi connectivity index (χ1) is 9.62. The lowest BCUT2D eigenvalue weighted by Gasteiger charge is -2.38. The Bertz CT molecular complexity index is 610. The number of ether oxygens (including phenoxy) is 1. The predicted octanol–water partition coefficient (Wildman–Crippen LogP) is 1.90. The Morgan fingerprint density at radius 2 is 2.00 bits per heavy atom. The third kappa shape index (κ3) is 3.29. The molecule has 0 amide bonds. The van der Waals surface area contributed by atoms with Crippen LogP contribution in [-0.2, 0) is 16.2 Å². The van der Waals surface area contributed by atoms with Gasteiger partial charge >= 0.3 is 6.18 Å². The molecule has 1 aromatic heterocycles.